The molecule has 0 saturated heterocycles. The quantitative estimate of drug-likeness (QED) is 0.754. The summed E-state index contributed by atoms with van der Waals surface area (Å²) in [6, 6.07) is 17.4. The number of rotatable bonds is 3. The van der Waals surface area contributed by atoms with Gasteiger partial charge in [0.15, 0.2) is 0 Å². The summed E-state index contributed by atoms with van der Waals surface area (Å²) in [6.45, 7) is 0. The van der Waals surface area contributed by atoms with Gasteiger partial charge in [-0.25, -0.2) is 4.39 Å². The molecule has 0 amide bonds. The van der Waals surface area contributed by atoms with Crippen LogP contribution in [0.15, 0.2) is 66.9 Å². The first-order chi connectivity index (χ1) is 10.7. The molecule has 1 N–H and O–H groups in total. The summed E-state index contributed by atoms with van der Waals surface area (Å²) in [7, 11) is 0. The molecule has 1 aromatic heterocycles. The first kappa shape index (κ1) is 14.0. The Hall–Kier alpha value is -2.94. The van der Waals surface area contributed by atoms with Gasteiger partial charge in [0.2, 0.25) is 0 Å². The minimum atomic E-state index is -0.456. The Balaban J connectivity index is 2.02. The van der Waals surface area contributed by atoms with Crippen LogP contribution in [0.4, 0.5) is 4.39 Å². The van der Waals surface area contributed by atoms with Crippen LogP contribution in [0, 0.1) is 5.82 Å². The lowest BCUT2D eigenvalue weighted by Gasteiger charge is -2.08. The summed E-state index contributed by atoms with van der Waals surface area (Å²) in [4.78, 5) is 4.24. The molecule has 3 heteroatoms. The molecular weight excluding hydrogens is 277 g/mol. The standard InChI is InChI=1S/C19H14FNO/c20-15-9-11-18(19(22)13-15)17-7-2-1-5-14(17)8-10-16-6-3-4-12-21-16/h1-13,22H/b10-8+. The van der Waals surface area contributed by atoms with Gasteiger partial charge in [-0.3, -0.25) is 4.98 Å². The zero-order chi connectivity index (χ0) is 15.4. The van der Waals surface area contributed by atoms with E-state index in [1.54, 1.807) is 12.3 Å². The summed E-state index contributed by atoms with van der Waals surface area (Å²) in [5, 5.41) is 9.98. The van der Waals surface area contributed by atoms with Crippen LogP contribution in [0.25, 0.3) is 23.3 Å². The number of phenolic OH excluding ortho intramolecular Hbond substituents is 1. The molecule has 22 heavy (non-hydrogen) atoms. The van der Waals surface area contributed by atoms with Gasteiger partial charge in [0.25, 0.3) is 0 Å². The third-order valence-corrected chi connectivity index (χ3v) is 3.33. The molecular formula is C19H14FNO. The van der Waals surface area contributed by atoms with Crippen molar-refractivity contribution in [2.75, 3.05) is 0 Å². The monoisotopic (exact) mass is 291 g/mol. The van der Waals surface area contributed by atoms with E-state index in [9.17, 15) is 9.50 Å². The van der Waals surface area contributed by atoms with Gasteiger partial charge in [0, 0.05) is 17.8 Å². The molecule has 3 aromatic rings. The van der Waals surface area contributed by atoms with E-state index < -0.39 is 5.82 Å². The van der Waals surface area contributed by atoms with E-state index in [0.717, 1.165) is 22.9 Å². The molecule has 0 saturated carbocycles. The van der Waals surface area contributed by atoms with Crippen LogP contribution in [-0.4, -0.2) is 10.1 Å². The zero-order valence-electron chi connectivity index (χ0n) is 11.8. The molecule has 2 aromatic carbocycles. The fraction of sp³-hybridized carbons (Fsp3) is 0. The number of halogens is 1. The molecule has 108 valence electrons. The second-order valence-electron chi connectivity index (χ2n) is 4.84. The maximum Gasteiger partial charge on any atom is 0.126 e. The van der Waals surface area contributed by atoms with E-state index in [2.05, 4.69) is 4.98 Å². The molecule has 0 aliphatic carbocycles. The average molecular weight is 291 g/mol. The SMILES string of the molecule is Oc1cc(F)ccc1-c1ccccc1/C=C/c1ccccn1. The van der Waals surface area contributed by atoms with Crippen molar-refractivity contribution in [3.05, 3.63) is 83.9 Å². The highest BCUT2D eigenvalue weighted by Gasteiger charge is 2.08. The van der Waals surface area contributed by atoms with Crippen molar-refractivity contribution in [3.63, 3.8) is 0 Å². The predicted octanol–water partition coefficient (Wildman–Crippen LogP) is 4.76. The van der Waals surface area contributed by atoms with Crippen molar-refractivity contribution >= 4 is 12.2 Å². The molecule has 0 aliphatic heterocycles. The van der Waals surface area contributed by atoms with Gasteiger partial charge in [-0.15, -0.1) is 0 Å². The molecule has 0 spiro atoms. The van der Waals surface area contributed by atoms with Crippen molar-refractivity contribution < 1.29 is 9.50 Å². The third kappa shape index (κ3) is 3.04. The van der Waals surface area contributed by atoms with E-state index in [4.69, 9.17) is 0 Å². The minimum Gasteiger partial charge on any atom is -0.507 e. The topological polar surface area (TPSA) is 33.1 Å². The van der Waals surface area contributed by atoms with Crippen molar-refractivity contribution in [2.45, 2.75) is 0 Å². The van der Waals surface area contributed by atoms with Gasteiger partial charge >= 0.3 is 0 Å². The third-order valence-electron chi connectivity index (χ3n) is 3.33. The largest absolute Gasteiger partial charge is 0.507 e. The lowest BCUT2D eigenvalue weighted by molar-refractivity contribution is 0.471. The molecule has 0 unspecified atom stereocenters. The van der Waals surface area contributed by atoms with E-state index in [0.29, 0.717) is 5.56 Å². The number of pyridine rings is 1. The smallest absolute Gasteiger partial charge is 0.126 e. The minimum absolute atomic E-state index is 0.0707. The van der Waals surface area contributed by atoms with Crippen molar-refractivity contribution in [1.82, 2.24) is 4.98 Å². The van der Waals surface area contributed by atoms with Gasteiger partial charge < -0.3 is 5.11 Å². The fourth-order valence-corrected chi connectivity index (χ4v) is 2.27. The van der Waals surface area contributed by atoms with E-state index >= 15 is 0 Å². The predicted molar refractivity (Wildman–Crippen MR) is 86.7 cm³/mol. The summed E-state index contributed by atoms with van der Waals surface area (Å²) < 4.78 is 13.2. The molecule has 1 heterocycles. The number of benzene rings is 2. The molecule has 3 rings (SSSR count). The van der Waals surface area contributed by atoms with Crippen LogP contribution in [-0.2, 0) is 0 Å². The molecule has 0 atom stereocenters. The van der Waals surface area contributed by atoms with Crippen LogP contribution in [0.1, 0.15) is 11.3 Å². The molecule has 0 bridgehead atoms. The first-order valence-electron chi connectivity index (χ1n) is 6.91. The highest BCUT2D eigenvalue weighted by atomic mass is 19.1. The second kappa shape index (κ2) is 6.22. The molecule has 0 aliphatic rings. The zero-order valence-corrected chi connectivity index (χ0v) is 11.8. The number of nitrogens with zero attached hydrogens (tertiary/aromatic N) is 1. The van der Waals surface area contributed by atoms with E-state index in [1.807, 2.05) is 54.6 Å². The van der Waals surface area contributed by atoms with Crippen LogP contribution >= 0.6 is 0 Å². The maximum atomic E-state index is 13.2. The number of aromatic hydroxyl groups is 1. The van der Waals surface area contributed by atoms with Gasteiger partial charge in [-0.05, 0) is 41.5 Å². The fourth-order valence-electron chi connectivity index (χ4n) is 2.27. The van der Waals surface area contributed by atoms with Crippen LogP contribution in [0.3, 0.4) is 0 Å². The van der Waals surface area contributed by atoms with Crippen LogP contribution in [0.2, 0.25) is 0 Å². The number of hydrogen-bond acceptors (Lipinski definition) is 2. The number of hydrogen-bond donors (Lipinski definition) is 1. The summed E-state index contributed by atoms with van der Waals surface area (Å²) in [5.74, 6) is -0.526. The normalized spacial score (nSPS) is 11.0. The van der Waals surface area contributed by atoms with Gasteiger partial charge in [-0.2, -0.15) is 0 Å². The Morgan fingerprint density at radius 1 is 0.864 bits per heavy atom. The van der Waals surface area contributed by atoms with Gasteiger partial charge in [-0.1, -0.05) is 36.4 Å². The van der Waals surface area contributed by atoms with Crippen molar-refractivity contribution in [1.29, 1.82) is 0 Å². The summed E-state index contributed by atoms with van der Waals surface area (Å²) >= 11 is 0. The Morgan fingerprint density at radius 3 is 2.45 bits per heavy atom. The summed E-state index contributed by atoms with van der Waals surface area (Å²) in [6.07, 6.45) is 5.57. The van der Waals surface area contributed by atoms with Gasteiger partial charge in [0.1, 0.15) is 11.6 Å². The average Bonchev–Trinajstić information content (AvgIpc) is 2.54. The Bertz CT molecular complexity index is 813. The van der Waals surface area contributed by atoms with Crippen LogP contribution < -0.4 is 0 Å². The Labute approximate surface area is 128 Å². The lowest BCUT2D eigenvalue weighted by atomic mass is 9.98. The second-order valence-corrected chi connectivity index (χ2v) is 4.84. The lowest BCUT2D eigenvalue weighted by Crippen LogP contribution is -1.85. The maximum absolute atomic E-state index is 13.2. The van der Waals surface area contributed by atoms with E-state index in [1.165, 1.54) is 6.07 Å². The summed E-state index contributed by atoms with van der Waals surface area (Å²) in [5.41, 5.74) is 3.21. The number of phenols is 1. The van der Waals surface area contributed by atoms with E-state index in [-0.39, 0.29) is 5.75 Å². The van der Waals surface area contributed by atoms with Gasteiger partial charge in [0.05, 0.1) is 5.69 Å². The highest BCUT2D eigenvalue weighted by molar-refractivity contribution is 5.82. The highest BCUT2D eigenvalue weighted by Crippen LogP contribution is 2.32. The van der Waals surface area contributed by atoms with Crippen molar-refractivity contribution in [2.24, 2.45) is 0 Å². The molecule has 2 nitrogen and oxygen atoms in total. The molecule has 0 radical (unpaired) electrons. The number of aromatic nitrogens is 1. The Morgan fingerprint density at radius 2 is 1.68 bits per heavy atom. The molecule has 0 fully saturated rings. The van der Waals surface area contributed by atoms with Crippen LogP contribution in [0.5, 0.6) is 5.75 Å². The first-order valence-corrected chi connectivity index (χ1v) is 6.91. The Kier molecular flexibility index (Phi) is 3.97. The van der Waals surface area contributed by atoms with Crippen molar-refractivity contribution in [3.8, 4) is 16.9 Å².